The quantitative estimate of drug-likeness (QED) is 0.765. The van der Waals surface area contributed by atoms with Crippen LogP contribution in [0.15, 0.2) is 28.7 Å². The summed E-state index contributed by atoms with van der Waals surface area (Å²) in [6.07, 6.45) is 0. The number of hydrogen-bond donors (Lipinski definition) is 2. The van der Waals surface area contributed by atoms with Crippen molar-refractivity contribution in [2.45, 2.75) is 6.92 Å². The van der Waals surface area contributed by atoms with Crippen molar-refractivity contribution in [3.63, 3.8) is 0 Å². The molecule has 110 valence electrons. The van der Waals surface area contributed by atoms with Gasteiger partial charge in [-0.2, -0.15) is 0 Å². The fourth-order valence-corrected chi connectivity index (χ4v) is 2.82. The summed E-state index contributed by atoms with van der Waals surface area (Å²) in [5.41, 5.74) is 9.25. The standard InChI is InChI=1S/C15H14BrClN2O2/c1-8-4-9(16)12(5-10(8)17)19-13-7-15-14(6-11(13)18)20-2-3-21-15/h4-7,19H,2-3,18H2,1H3. The predicted octanol–water partition coefficient (Wildman–Crippen LogP) is 4.51. The Labute approximate surface area is 136 Å². The van der Waals surface area contributed by atoms with E-state index in [1.54, 1.807) is 6.07 Å². The third-order valence-corrected chi connectivity index (χ3v) is 4.30. The van der Waals surface area contributed by atoms with E-state index in [4.69, 9.17) is 26.8 Å². The molecule has 4 nitrogen and oxygen atoms in total. The molecule has 0 unspecified atom stereocenters. The summed E-state index contributed by atoms with van der Waals surface area (Å²) in [6, 6.07) is 7.42. The second-order valence-electron chi connectivity index (χ2n) is 4.79. The van der Waals surface area contributed by atoms with Crippen LogP contribution in [0.2, 0.25) is 5.02 Å². The van der Waals surface area contributed by atoms with Crippen molar-refractivity contribution in [2.75, 3.05) is 24.3 Å². The molecule has 0 fully saturated rings. The van der Waals surface area contributed by atoms with Gasteiger partial charge in [0.1, 0.15) is 13.2 Å². The first-order valence-electron chi connectivity index (χ1n) is 6.46. The Kier molecular flexibility index (Phi) is 3.87. The number of nitrogen functional groups attached to an aromatic ring is 1. The maximum Gasteiger partial charge on any atom is 0.163 e. The van der Waals surface area contributed by atoms with E-state index < -0.39 is 0 Å². The lowest BCUT2D eigenvalue weighted by molar-refractivity contribution is 0.172. The van der Waals surface area contributed by atoms with Crippen LogP contribution in [0.25, 0.3) is 0 Å². The van der Waals surface area contributed by atoms with E-state index >= 15 is 0 Å². The van der Waals surface area contributed by atoms with Crippen LogP contribution in [0.4, 0.5) is 17.1 Å². The highest BCUT2D eigenvalue weighted by molar-refractivity contribution is 9.10. The van der Waals surface area contributed by atoms with Gasteiger partial charge >= 0.3 is 0 Å². The minimum absolute atomic E-state index is 0.538. The first-order chi connectivity index (χ1) is 10.0. The van der Waals surface area contributed by atoms with E-state index in [0.29, 0.717) is 35.4 Å². The fraction of sp³-hybridized carbons (Fsp3) is 0.200. The molecule has 1 heterocycles. The number of rotatable bonds is 2. The summed E-state index contributed by atoms with van der Waals surface area (Å²) in [4.78, 5) is 0. The van der Waals surface area contributed by atoms with Crippen LogP contribution in [0.5, 0.6) is 11.5 Å². The molecular weight excluding hydrogens is 356 g/mol. The van der Waals surface area contributed by atoms with Crippen LogP contribution in [-0.2, 0) is 0 Å². The lowest BCUT2D eigenvalue weighted by Gasteiger charge is -2.21. The molecule has 21 heavy (non-hydrogen) atoms. The molecule has 1 aliphatic rings. The van der Waals surface area contributed by atoms with Gasteiger partial charge in [-0.05, 0) is 40.5 Å². The lowest BCUT2D eigenvalue weighted by Crippen LogP contribution is -2.15. The first-order valence-corrected chi connectivity index (χ1v) is 7.63. The molecule has 0 saturated carbocycles. The average Bonchev–Trinajstić information content (AvgIpc) is 2.45. The van der Waals surface area contributed by atoms with Gasteiger partial charge in [0.15, 0.2) is 11.5 Å². The van der Waals surface area contributed by atoms with E-state index in [1.807, 2.05) is 25.1 Å². The van der Waals surface area contributed by atoms with Gasteiger partial charge in [-0.15, -0.1) is 0 Å². The maximum atomic E-state index is 6.17. The monoisotopic (exact) mass is 368 g/mol. The number of aryl methyl sites for hydroxylation is 1. The minimum Gasteiger partial charge on any atom is -0.486 e. The van der Waals surface area contributed by atoms with Crippen molar-refractivity contribution >= 4 is 44.6 Å². The molecule has 0 radical (unpaired) electrons. The van der Waals surface area contributed by atoms with Gasteiger partial charge in [-0.1, -0.05) is 11.6 Å². The van der Waals surface area contributed by atoms with E-state index in [2.05, 4.69) is 21.2 Å². The van der Waals surface area contributed by atoms with Crippen LogP contribution in [0, 0.1) is 6.92 Å². The molecule has 0 aliphatic carbocycles. The first kappa shape index (κ1) is 14.4. The molecule has 6 heteroatoms. The summed E-state index contributed by atoms with van der Waals surface area (Å²) >= 11 is 9.69. The maximum absolute atomic E-state index is 6.17. The normalized spacial score (nSPS) is 13.1. The molecule has 3 rings (SSSR count). The van der Waals surface area contributed by atoms with Gasteiger partial charge in [-0.3, -0.25) is 0 Å². The third-order valence-electron chi connectivity index (χ3n) is 3.23. The number of halogens is 2. The Hall–Kier alpha value is -1.59. The van der Waals surface area contributed by atoms with Crippen LogP contribution >= 0.6 is 27.5 Å². The zero-order valence-electron chi connectivity index (χ0n) is 11.4. The minimum atomic E-state index is 0.538. The summed E-state index contributed by atoms with van der Waals surface area (Å²) in [7, 11) is 0. The second-order valence-corrected chi connectivity index (χ2v) is 6.05. The lowest BCUT2D eigenvalue weighted by atomic mass is 10.2. The van der Waals surface area contributed by atoms with Gasteiger partial charge in [0.2, 0.25) is 0 Å². The molecule has 0 spiro atoms. The molecule has 0 atom stereocenters. The number of nitrogens with one attached hydrogen (secondary N) is 1. The van der Waals surface area contributed by atoms with E-state index in [1.165, 1.54) is 0 Å². The SMILES string of the molecule is Cc1cc(Br)c(Nc2cc3c(cc2N)OCCO3)cc1Cl. The van der Waals surface area contributed by atoms with Crippen LogP contribution in [0.3, 0.4) is 0 Å². The number of fused-ring (bicyclic) bond motifs is 1. The van der Waals surface area contributed by atoms with Crippen LogP contribution in [-0.4, -0.2) is 13.2 Å². The topological polar surface area (TPSA) is 56.5 Å². The summed E-state index contributed by atoms with van der Waals surface area (Å²) < 4.78 is 12.0. The molecule has 0 bridgehead atoms. The fourth-order valence-electron chi connectivity index (χ4n) is 2.10. The summed E-state index contributed by atoms with van der Waals surface area (Å²) in [5.74, 6) is 1.36. The number of ether oxygens (including phenoxy) is 2. The number of benzene rings is 2. The van der Waals surface area contributed by atoms with Gasteiger partial charge < -0.3 is 20.5 Å². The van der Waals surface area contributed by atoms with Gasteiger partial charge in [0.05, 0.1) is 17.1 Å². The Morgan fingerprint density at radius 1 is 1.10 bits per heavy atom. The number of nitrogens with two attached hydrogens (primary N) is 1. The second kappa shape index (κ2) is 5.66. The van der Waals surface area contributed by atoms with Crippen LogP contribution in [0.1, 0.15) is 5.56 Å². The molecule has 0 amide bonds. The Morgan fingerprint density at radius 2 is 1.76 bits per heavy atom. The zero-order valence-corrected chi connectivity index (χ0v) is 13.7. The largest absolute Gasteiger partial charge is 0.486 e. The van der Waals surface area contributed by atoms with Crippen LogP contribution < -0.4 is 20.5 Å². The molecule has 3 N–H and O–H groups in total. The Bertz CT molecular complexity index is 707. The molecule has 1 aliphatic heterocycles. The highest BCUT2D eigenvalue weighted by atomic mass is 79.9. The number of hydrogen-bond acceptors (Lipinski definition) is 4. The van der Waals surface area contributed by atoms with Crippen molar-refractivity contribution < 1.29 is 9.47 Å². The number of anilines is 3. The zero-order chi connectivity index (χ0) is 15.0. The van der Waals surface area contributed by atoms with E-state index in [9.17, 15) is 0 Å². The van der Waals surface area contributed by atoms with Crippen molar-refractivity contribution in [3.05, 3.63) is 39.3 Å². The average molecular weight is 370 g/mol. The summed E-state index contributed by atoms with van der Waals surface area (Å²) in [6.45, 7) is 3.03. The van der Waals surface area contributed by atoms with Gasteiger partial charge in [-0.25, -0.2) is 0 Å². The van der Waals surface area contributed by atoms with Gasteiger partial charge in [0, 0.05) is 21.6 Å². The summed E-state index contributed by atoms with van der Waals surface area (Å²) in [5, 5.41) is 3.96. The van der Waals surface area contributed by atoms with E-state index in [-0.39, 0.29) is 0 Å². The Balaban J connectivity index is 1.96. The third kappa shape index (κ3) is 2.89. The highest BCUT2D eigenvalue weighted by Gasteiger charge is 2.15. The highest BCUT2D eigenvalue weighted by Crippen LogP contribution is 2.39. The van der Waals surface area contributed by atoms with Crippen molar-refractivity contribution in [3.8, 4) is 11.5 Å². The predicted molar refractivity (Wildman–Crippen MR) is 89.0 cm³/mol. The van der Waals surface area contributed by atoms with Crippen molar-refractivity contribution in [1.29, 1.82) is 0 Å². The molecule has 0 saturated heterocycles. The molecular formula is C15H14BrClN2O2. The van der Waals surface area contributed by atoms with E-state index in [0.717, 1.165) is 21.4 Å². The smallest absolute Gasteiger partial charge is 0.163 e. The molecule has 2 aromatic rings. The van der Waals surface area contributed by atoms with Gasteiger partial charge in [0.25, 0.3) is 0 Å². The Morgan fingerprint density at radius 3 is 2.48 bits per heavy atom. The van der Waals surface area contributed by atoms with Crippen molar-refractivity contribution in [1.82, 2.24) is 0 Å². The van der Waals surface area contributed by atoms with Crippen molar-refractivity contribution in [2.24, 2.45) is 0 Å². The molecule has 2 aromatic carbocycles. The molecule has 0 aromatic heterocycles.